The lowest BCUT2D eigenvalue weighted by atomic mass is 10.2. The Morgan fingerprint density at radius 2 is 1.86 bits per heavy atom. The van der Waals surface area contributed by atoms with Crippen LogP contribution in [0.1, 0.15) is 11.3 Å². The van der Waals surface area contributed by atoms with Gasteiger partial charge in [0.25, 0.3) is 0 Å². The second-order valence-corrected chi connectivity index (χ2v) is 6.97. The zero-order valence-corrected chi connectivity index (χ0v) is 15.9. The number of hydrogen-bond acceptors (Lipinski definition) is 8. The van der Waals surface area contributed by atoms with Crippen molar-refractivity contribution in [2.24, 2.45) is 4.99 Å². The molecule has 0 fully saturated rings. The average molecular weight is 405 g/mol. The molecule has 0 unspecified atom stereocenters. The molecule has 1 N–H and O–H groups in total. The van der Waals surface area contributed by atoms with Crippen molar-refractivity contribution in [2.45, 2.75) is 6.54 Å². The van der Waals surface area contributed by atoms with Gasteiger partial charge in [-0.15, -0.1) is 10.2 Å². The number of benzene rings is 2. The van der Waals surface area contributed by atoms with E-state index in [2.05, 4.69) is 32.6 Å². The van der Waals surface area contributed by atoms with Crippen molar-refractivity contribution >= 4 is 34.3 Å². The van der Waals surface area contributed by atoms with E-state index in [9.17, 15) is 10.1 Å². The summed E-state index contributed by atoms with van der Waals surface area (Å²) in [5.74, 6) is 0.00813. The van der Waals surface area contributed by atoms with Crippen molar-refractivity contribution < 1.29 is 9.34 Å². The highest BCUT2D eigenvalue weighted by atomic mass is 32.1. The summed E-state index contributed by atoms with van der Waals surface area (Å²) in [7, 11) is 0. The molecule has 0 atom stereocenters. The maximum atomic E-state index is 10.6. The van der Waals surface area contributed by atoms with Crippen molar-refractivity contribution in [1.82, 2.24) is 10.2 Å². The molecule has 0 saturated heterocycles. The fraction of sp³-hybridized carbons (Fsp3) is 0.0500. The van der Waals surface area contributed by atoms with Crippen LogP contribution >= 0.6 is 11.3 Å². The number of hydrogen-bond donors (Lipinski definition) is 1. The van der Waals surface area contributed by atoms with Crippen molar-refractivity contribution in [1.29, 1.82) is 0 Å². The molecule has 0 amide bonds. The molecule has 4 rings (SSSR count). The van der Waals surface area contributed by atoms with Crippen molar-refractivity contribution in [3.63, 3.8) is 0 Å². The van der Waals surface area contributed by atoms with E-state index in [1.807, 2.05) is 42.5 Å². The molecule has 2 aromatic carbocycles. The zero-order valence-electron chi connectivity index (χ0n) is 15.1. The van der Waals surface area contributed by atoms with E-state index >= 15 is 0 Å². The van der Waals surface area contributed by atoms with Gasteiger partial charge in [0.2, 0.25) is 5.13 Å². The van der Waals surface area contributed by atoms with E-state index in [-0.39, 0.29) is 5.88 Å². The molecule has 2 aromatic heterocycles. The summed E-state index contributed by atoms with van der Waals surface area (Å²) in [6.45, 7) is 0.689. The molecule has 0 radical (unpaired) electrons. The number of aromatic nitrogens is 2. The lowest BCUT2D eigenvalue weighted by Crippen LogP contribution is -1.98. The summed E-state index contributed by atoms with van der Waals surface area (Å²) < 4.78 is 5.05. The zero-order chi connectivity index (χ0) is 20.1. The van der Waals surface area contributed by atoms with Gasteiger partial charge in [0, 0.05) is 12.1 Å². The van der Waals surface area contributed by atoms with Crippen LogP contribution in [0.25, 0.3) is 10.6 Å². The minimum absolute atomic E-state index is 0.310. The second-order valence-electron chi connectivity index (χ2n) is 5.99. The van der Waals surface area contributed by atoms with Gasteiger partial charge in [0.15, 0.2) is 5.76 Å². The molecule has 0 spiro atoms. The molecule has 0 aliphatic heterocycles. The van der Waals surface area contributed by atoms with Gasteiger partial charge in [0.1, 0.15) is 9.93 Å². The van der Waals surface area contributed by atoms with E-state index in [1.54, 1.807) is 0 Å². The SMILES string of the molecule is O=[N+]([O-])c1ccc(C=Nc2ccc(-c3nnc(NCc4ccccc4)s3)cc2)o1. The van der Waals surface area contributed by atoms with E-state index in [0.717, 1.165) is 15.7 Å². The predicted molar refractivity (Wildman–Crippen MR) is 112 cm³/mol. The third-order valence-electron chi connectivity index (χ3n) is 3.96. The first-order valence-electron chi connectivity index (χ1n) is 8.67. The first-order chi connectivity index (χ1) is 14.2. The molecule has 144 valence electrons. The number of nitro groups is 1. The van der Waals surface area contributed by atoms with Gasteiger partial charge in [-0.1, -0.05) is 41.7 Å². The summed E-state index contributed by atoms with van der Waals surface area (Å²) in [5, 5.41) is 23.9. The Morgan fingerprint density at radius 1 is 1.07 bits per heavy atom. The summed E-state index contributed by atoms with van der Waals surface area (Å²) >= 11 is 1.48. The van der Waals surface area contributed by atoms with E-state index in [1.165, 1.54) is 35.2 Å². The van der Waals surface area contributed by atoms with Gasteiger partial charge in [-0.2, -0.15) is 0 Å². The van der Waals surface area contributed by atoms with Gasteiger partial charge in [-0.3, -0.25) is 15.1 Å². The maximum absolute atomic E-state index is 10.6. The van der Waals surface area contributed by atoms with Crippen LogP contribution in [0, 0.1) is 10.1 Å². The largest absolute Gasteiger partial charge is 0.433 e. The van der Waals surface area contributed by atoms with E-state index in [4.69, 9.17) is 4.42 Å². The molecule has 0 aliphatic carbocycles. The van der Waals surface area contributed by atoms with Crippen molar-refractivity contribution in [2.75, 3.05) is 5.32 Å². The first kappa shape index (κ1) is 18.5. The Kier molecular flexibility index (Phi) is 5.39. The first-order valence-corrected chi connectivity index (χ1v) is 9.49. The molecule has 9 heteroatoms. The fourth-order valence-electron chi connectivity index (χ4n) is 2.52. The number of anilines is 1. The maximum Gasteiger partial charge on any atom is 0.433 e. The molecule has 0 bridgehead atoms. The van der Waals surface area contributed by atoms with Gasteiger partial charge >= 0.3 is 5.88 Å². The van der Waals surface area contributed by atoms with Crippen LogP contribution in [-0.4, -0.2) is 21.3 Å². The number of furan rings is 1. The average Bonchev–Trinajstić information content (AvgIpc) is 3.42. The van der Waals surface area contributed by atoms with Crippen LogP contribution in [0.15, 0.2) is 76.1 Å². The molecular weight excluding hydrogens is 390 g/mol. The Hall–Kier alpha value is -3.85. The quantitative estimate of drug-likeness (QED) is 0.261. The molecular formula is C20H15N5O3S. The standard InChI is InChI=1S/C20H15N5O3S/c26-25(27)18-11-10-17(28-18)13-21-16-8-6-15(7-9-16)19-23-24-20(29-19)22-12-14-4-2-1-3-5-14/h1-11,13H,12H2,(H,22,24). The molecule has 0 saturated carbocycles. The van der Waals surface area contributed by atoms with Gasteiger partial charge < -0.3 is 9.73 Å². The van der Waals surface area contributed by atoms with Gasteiger partial charge in [-0.25, -0.2) is 0 Å². The molecule has 0 aliphatic rings. The van der Waals surface area contributed by atoms with E-state index in [0.29, 0.717) is 18.0 Å². The Bertz CT molecular complexity index is 1140. The van der Waals surface area contributed by atoms with Crippen molar-refractivity contribution in [3.8, 4) is 10.6 Å². The lowest BCUT2D eigenvalue weighted by Gasteiger charge is -2.01. The monoisotopic (exact) mass is 405 g/mol. The minimum Gasteiger partial charge on any atom is -0.400 e. The predicted octanol–water partition coefficient (Wildman–Crippen LogP) is 5.07. The third-order valence-corrected chi connectivity index (χ3v) is 4.89. The van der Waals surface area contributed by atoms with Crippen LogP contribution in [0.4, 0.5) is 16.7 Å². The van der Waals surface area contributed by atoms with Crippen LogP contribution in [0.2, 0.25) is 0 Å². The molecule has 4 aromatic rings. The minimum atomic E-state index is -0.586. The normalized spacial score (nSPS) is 11.0. The van der Waals surface area contributed by atoms with E-state index < -0.39 is 4.92 Å². The third kappa shape index (κ3) is 4.71. The lowest BCUT2D eigenvalue weighted by molar-refractivity contribution is -0.402. The van der Waals surface area contributed by atoms with Crippen LogP contribution < -0.4 is 5.32 Å². The Labute approximate surface area is 169 Å². The number of nitrogens with zero attached hydrogens (tertiary/aromatic N) is 4. The molecule has 29 heavy (non-hydrogen) atoms. The second kappa shape index (κ2) is 8.44. The number of aliphatic imine (C=N–C) groups is 1. The number of rotatable bonds is 7. The summed E-state index contributed by atoms with van der Waals surface area (Å²) in [6, 6.07) is 20.4. The fourth-order valence-corrected chi connectivity index (χ4v) is 3.27. The Morgan fingerprint density at radius 3 is 2.59 bits per heavy atom. The Balaban J connectivity index is 1.39. The van der Waals surface area contributed by atoms with Gasteiger partial charge in [0.05, 0.1) is 18.0 Å². The van der Waals surface area contributed by atoms with Crippen LogP contribution in [0.3, 0.4) is 0 Å². The summed E-state index contributed by atoms with van der Waals surface area (Å²) in [4.78, 5) is 14.3. The topological polar surface area (TPSA) is 106 Å². The molecule has 8 nitrogen and oxygen atoms in total. The van der Waals surface area contributed by atoms with Crippen molar-refractivity contribution in [3.05, 3.63) is 88.2 Å². The molecule has 2 heterocycles. The van der Waals surface area contributed by atoms with Crippen LogP contribution in [0.5, 0.6) is 0 Å². The summed E-state index contributed by atoms with van der Waals surface area (Å²) in [5.41, 5.74) is 2.80. The smallest absolute Gasteiger partial charge is 0.400 e. The van der Waals surface area contributed by atoms with Crippen LogP contribution in [-0.2, 0) is 6.54 Å². The summed E-state index contributed by atoms with van der Waals surface area (Å²) in [6.07, 6.45) is 1.44. The number of nitrogens with one attached hydrogen (secondary N) is 1. The van der Waals surface area contributed by atoms with Gasteiger partial charge in [-0.05, 0) is 35.9 Å². The highest BCUT2D eigenvalue weighted by molar-refractivity contribution is 7.18. The highest BCUT2D eigenvalue weighted by Crippen LogP contribution is 2.28. The highest BCUT2D eigenvalue weighted by Gasteiger charge is 2.10.